The van der Waals surface area contributed by atoms with Crippen LogP contribution in [0.2, 0.25) is 0 Å². The van der Waals surface area contributed by atoms with Gasteiger partial charge in [0.15, 0.2) is 5.11 Å². The molecule has 3 rings (SSSR count). The molecular formula is C16H26N4S. The van der Waals surface area contributed by atoms with Gasteiger partial charge < -0.3 is 15.2 Å². The van der Waals surface area contributed by atoms with Gasteiger partial charge in [0, 0.05) is 36.9 Å². The molecule has 2 fully saturated rings. The van der Waals surface area contributed by atoms with Crippen LogP contribution in [0.3, 0.4) is 0 Å². The van der Waals surface area contributed by atoms with Crippen LogP contribution in [0.5, 0.6) is 0 Å². The van der Waals surface area contributed by atoms with Gasteiger partial charge in [0.1, 0.15) is 5.82 Å². The minimum absolute atomic E-state index is 0.610. The Balaban J connectivity index is 1.47. The summed E-state index contributed by atoms with van der Waals surface area (Å²) in [4.78, 5) is 10.0. The molecule has 0 bridgehead atoms. The Morgan fingerprint density at radius 3 is 2.57 bits per heavy atom. The summed E-state index contributed by atoms with van der Waals surface area (Å²) < 4.78 is 0. The number of hydrogen-bond acceptors (Lipinski definition) is 2. The zero-order valence-electron chi connectivity index (χ0n) is 12.9. The molecule has 5 heteroatoms. The second kappa shape index (κ2) is 6.77. The third kappa shape index (κ3) is 3.76. The van der Waals surface area contributed by atoms with Crippen molar-refractivity contribution in [3.8, 4) is 0 Å². The van der Waals surface area contributed by atoms with E-state index in [-0.39, 0.29) is 0 Å². The molecule has 2 N–H and O–H groups in total. The van der Waals surface area contributed by atoms with Crippen molar-refractivity contribution in [3.05, 3.63) is 17.7 Å². The molecule has 0 aromatic carbocycles. The fraction of sp³-hybridized carbons (Fsp3) is 0.750. The van der Waals surface area contributed by atoms with E-state index in [4.69, 9.17) is 12.2 Å². The van der Waals surface area contributed by atoms with Gasteiger partial charge >= 0.3 is 0 Å². The Bertz CT molecular complexity index is 470. The number of piperidine rings is 1. The number of aryl methyl sites for hydroxylation is 1. The van der Waals surface area contributed by atoms with E-state index in [0.717, 1.165) is 36.9 Å². The van der Waals surface area contributed by atoms with Crippen LogP contribution in [-0.2, 0) is 0 Å². The predicted molar refractivity (Wildman–Crippen MR) is 89.5 cm³/mol. The number of thiocarbonyl (C=S) groups is 1. The first kappa shape index (κ1) is 14.8. The Morgan fingerprint density at radius 2 is 1.95 bits per heavy atom. The van der Waals surface area contributed by atoms with Crippen LogP contribution in [0.1, 0.15) is 62.4 Å². The quantitative estimate of drug-likeness (QED) is 0.824. The van der Waals surface area contributed by atoms with E-state index in [1.165, 1.54) is 37.8 Å². The monoisotopic (exact) mass is 306 g/mol. The van der Waals surface area contributed by atoms with Crippen molar-refractivity contribution in [3.63, 3.8) is 0 Å². The summed E-state index contributed by atoms with van der Waals surface area (Å²) >= 11 is 5.61. The van der Waals surface area contributed by atoms with Crippen LogP contribution in [-0.4, -0.2) is 39.1 Å². The summed E-state index contributed by atoms with van der Waals surface area (Å²) in [5.41, 5.74) is 1.29. The Hall–Kier alpha value is -1.10. The molecular weight excluding hydrogens is 280 g/mol. The molecule has 2 heterocycles. The summed E-state index contributed by atoms with van der Waals surface area (Å²) in [6, 6.07) is 0.610. The minimum atomic E-state index is 0.610. The minimum Gasteiger partial charge on any atom is -0.360 e. The van der Waals surface area contributed by atoms with Gasteiger partial charge in [-0.1, -0.05) is 19.3 Å². The number of nitrogens with one attached hydrogen (secondary N) is 2. The van der Waals surface area contributed by atoms with Crippen molar-refractivity contribution in [1.82, 2.24) is 20.2 Å². The van der Waals surface area contributed by atoms with Crippen LogP contribution in [0, 0.1) is 6.92 Å². The molecule has 21 heavy (non-hydrogen) atoms. The smallest absolute Gasteiger partial charge is 0.169 e. The Labute approximate surface area is 132 Å². The van der Waals surface area contributed by atoms with Crippen molar-refractivity contribution in [1.29, 1.82) is 0 Å². The molecule has 2 aliphatic rings. The van der Waals surface area contributed by atoms with E-state index in [0.29, 0.717) is 12.0 Å². The van der Waals surface area contributed by atoms with Crippen LogP contribution < -0.4 is 5.32 Å². The first-order chi connectivity index (χ1) is 10.2. The van der Waals surface area contributed by atoms with Gasteiger partial charge in [-0.15, -0.1) is 0 Å². The van der Waals surface area contributed by atoms with E-state index >= 15 is 0 Å². The van der Waals surface area contributed by atoms with Crippen molar-refractivity contribution >= 4 is 17.3 Å². The summed E-state index contributed by atoms with van der Waals surface area (Å²) in [5, 5.41) is 4.56. The van der Waals surface area contributed by atoms with Crippen LogP contribution in [0.15, 0.2) is 6.20 Å². The predicted octanol–water partition coefficient (Wildman–Crippen LogP) is 3.10. The largest absolute Gasteiger partial charge is 0.360 e. The Kier molecular flexibility index (Phi) is 4.78. The van der Waals surface area contributed by atoms with Crippen molar-refractivity contribution in [2.45, 2.75) is 63.8 Å². The lowest BCUT2D eigenvalue weighted by Gasteiger charge is -2.35. The maximum Gasteiger partial charge on any atom is 0.169 e. The molecule has 1 saturated carbocycles. The Morgan fingerprint density at radius 1 is 1.24 bits per heavy atom. The number of aromatic amines is 1. The van der Waals surface area contributed by atoms with E-state index in [1.54, 1.807) is 0 Å². The SMILES string of the molecule is Cc1ncc(C2CCN(C(=S)NC3CCCCC3)CC2)[nH]1. The lowest BCUT2D eigenvalue weighted by Crippen LogP contribution is -2.47. The number of rotatable bonds is 2. The third-order valence-electron chi connectivity index (χ3n) is 4.88. The van der Waals surface area contributed by atoms with E-state index < -0.39 is 0 Å². The van der Waals surface area contributed by atoms with Crippen molar-refractivity contribution in [2.75, 3.05) is 13.1 Å². The molecule has 1 aromatic rings. The second-order valence-electron chi connectivity index (χ2n) is 6.47. The summed E-state index contributed by atoms with van der Waals surface area (Å²) in [7, 11) is 0. The summed E-state index contributed by atoms with van der Waals surface area (Å²) in [6.07, 6.45) is 11.0. The molecule has 0 atom stereocenters. The fourth-order valence-electron chi connectivity index (χ4n) is 3.55. The van der Waals surface area contributed by atoms with E-state index in [1.807, 2.05) is 13.1 Å². The number of likely N-dealkylation sites (tertiary alicyclic amines) is 1. The van der Waals surface area contributed by atoms with Gasteiger partial charge in [-0.3, -0.25) is 0 Å². The van der Waals surface area contributed by atoms with Crippen LogP contribution in [0.4, 0.5) is 0 Å². The van der Waals surface area contributed by atoms with Gasteiger partial charge in [0.25, 0.3) is 0 Å². The normalized spacial score (nSPS) is 21.5. The molecule has 0 unspecified atom stereocenters. The third-order valence-corrected chi connectivity index (χ3v) is 5.25. The van der Waals surface area contributed by atoms with Gasteiger partial charge in [0.05, 0.1) is 0 Å². The maximum absolute atomic E-state index is 5.61. The maximum atomic E-state index is 5.61. The van der Waals surface area contributed by atoms with Gasteiger partial charge in [-0.25, -0.2) is 4.98 Å². The molecule has 1 aromatic heterocycles. The molecule has 0 amide bonds. The number of aromatic nitrogens is 2. The number of H-pyrrole nitrogens is 1. The van der Waals surface area contributed by atoms with E-state index in [9.17, 15) is 0 Å². The van der Waals surface area contributed by atoms with E-state index in [2.05, 4.69) is 20.2 Å². The lowest BCUT2D eigenvalue weighted by atomic mass is 9.94. The molecule has 1 aliphatic heterocycles. The molecule has 1 saturated heterocycles. The number of imidazole rings is 1. The highest BCUT2D eigenvalue weighted by Gasteiger charge is 2.24. The zero-order valence-corrected chi connectivity index (χ0v) is 13.7. The zero-order chi connectivity index (χ0) is 14.7. The topological polar surface area (TPSA) is 44.0 Å². The van der Waals surface area contributed by atoms with Crippen LogP contribution >= 0.6 is 12.2 Å². The highest BCUT2D eigenvalue weighted by atomic mass is 32.1. The van der Waals surface area contributed by atoms with Crippen LogP contribution in [0.25, 0.3) is 0 Å². The van der Waals surface area contributed by atoms with Gasteiger partial charge in [-0.05, 0) is 44.8 Å². The molecule has 0 spiro atoms. The standard InChI is InChI=1S/C16H26N4S/c1-12-17-11-15(18-12)13-7-9-20(10-8-13)16(21)19-14-5-3-2-4-6-14/h11,13-14H,2-10H2,1H3,(H,17,18)(H,19,21). The summed E-state index contributed by atoms with van der Waals surface area (Å²) in [5.74, 6) is 1.63. The van der Waals surface area contributed by atoms with Gasteiger partial charge in [-0.2, -0.15) is 0 Å². The highest BCUT2D eigenvalue weighted by molar-refractivity contribution is 7.80. The first-order valence-corrected chi connectivity index (χ1v) is 8.70. The second-order valence-corrected chi connectivity index (χ2v) is 6.86. The highest BCUT2D eigenvalue weighted by Crippen LogP contribution is 2.27. The number of hydrogen-bond donors (Lipinski definition) is 2. The van der Waals surface area contributed by atoms with Crippen molar-refractivity contribution in [2.24, 2.45) is 0 Å². The average molecular weight is 306 g/mol. The van der Waals surface area contributed by atoms with Gasteiger partial charge in [0.2, 0.25) is 0 Å². The molecule has 0 radical (unpaired) electrons. The average Bonchev–Trinajstić information content (AvgIpc) is 2.95. The molecule has 4 nitrogen and oxygen atoms in total. The first-order valence-electron chi connectivity index (χ1n) is 8.29. The van der Waals surface area contributed by atoms with Crippen molar-refractivity contribution < 1.29 is 0 Å². The fourth-order valence-corrected chi connectivity index (χ4v) is 3.90. The summed E-state index contributed by atoms with van der Waals surface area (Å²) in [6.45, 7) is 4.13. The number of nitrogens with zero attached hydrogens (tertiary/aromatic N) is 2. The lowest BCUT2D eigenvalue weighted by molar-refractivity contribution is 0.299. The molecule has 116 valence electrons. The molecule has 1 aliphatic carbocycles.